The molecular formula is C11H16BrNO3. The van der Waals surface area contributed by atoms with Crippen LogP contribution >= 0.6 is 15.9 Å². The summed E-state index contributed by atoms with van der Waals surface area (Å²) in [4.78, 5) is 22.5. The zero-order chi connectivity index (χ0) is 11.5. The van der Waals surface area contributed by atoms with Crippen LogP contribution < -0.4 is 5.32 Å². The molecule has 0 aliphatic carbocycles. The van der Waals surface area contributed by atoms with Gasteiger partial charge in [0.2, 0.25) is 5.91 Å². The molecule has 4 nitrogen and oxygen atoms in total. The number of alkyl halides is 1. The Labute approximate surface area is 103 Å². The number of cyclic esters (lactones) is 1. The molecule has 0 spiro atoms. The van der Waals surface area contributed by atoms with Gasteiger partial charge in [0.25, 0.3) is 0 Å². The Morgan fingerprint density at radius 1 is 1.44 bits per heavy atom. The van der Waals surface area contributed by atoms with Crippen molar-refractivity contribution in [1.29, 1.82) is 0 Å². The molecule has 0 saturated carbocycles. The zero-order valence-electron chi connectivity index (χ0n) is 9.08. The first-order valence-corrected chi connectivity index (χ1v) is 6.87. The van der Waals surface area contributed by atoms with Gasteiger partial charge in [-0.3, -0.25) is 9.59 Å². The second-order valence-corrected chi connectivity index (χ2v) is 5.23. The van der Waals surface area contributed by atoms with Crippen molar-refractivity contribution in [3.63, 3.8) is 0 Å². The molecular weight excluding hydrogens is 274 g/mol. The Balaban J connectivity index is 1.95. The Morgan fingerprint density at radius 3 is 2.88 bits per heavy atom. The van der Waals surface area contributed by atoms with E-state index < -0.39 is 0 Å². The zero-order valence-corrected chi connectivity index (χ0v) is 10.7. The molecule has 0 radical (unpaired) electrons. The number of hydrogen-bond acceptors (Lipinski definition) is 3. The minimum absolute atomic E-state index is 0.00606. The molecule has 2 aliphatic heterocycles. The Kier molecular flexibility index (Phi) is 3.84. The first-order valence-electron chi connectivity index (χ1n) is 5.75. The fourth-order valence-electron chi connectivity index (χ4n) is 2.54. The summed E-state index contributed by atoms with van der Waals surface area (Å²) in [5.41, 5.74) is 0. The summed E-state index contributed by atoms with van der Waals surface area (Å²) in [6, 6.07) is 0.138. The number of halogens is 1. The van der Waals surface area contributed by atoms with Crippen molar-refractivity contribution in [2.75, 3.05) is 5.33 Å². The van der Waals surface area contributed by atoms with Gasteiger partial charge in [-0.05, 0) is 19.3 Å². The molecule has 0 aromatic heterocycles. The SMILES string of the molecule is O=C1CC[C@H]([C@@H]2CC(=O)O[C@H]2CCCBr)N1. The number of carbonyl (C=O) groups excluding carboxylic acids is 2. The van der Waals surface area contributed by atoms with Gasteiger partial charge in [-0.2, -0.15) is 0 Å². The van der Waals surface area contributed by atoms with Crippen LogP contribution in [0.4, 0.5) is 0 Å². The molecule has 0 aromatic rings. The van der Waals surface area contributed by atoms with Gasteiger partial charge in [0.1, 0.15) is 6.10 Å². The predicted molar refractivity (Wildman–Crippen MR) is 62.2 cm³/mol. The summed E-state index contributed by atoms with van der Waals surface area (Å²) in [6.45, 7) is 0. The van der Waals surface area contributed by atoms with E-state index in [2.05, 4.69) is 21.2 Å². The minimum Gasteiger partial charge on any atom is -0.462 e. The van der Waals surface area contributed by atoms with E-state index in [9.17, 15) is 9.59 Å². The first-order chi connectivity index (χ1) is 7.70. The van der Waals surface area contributed by atoms with Crippen LogP contribution in [0.5, 0.6) is 0 Å². The highest BCUT2D eigenvalue weighted by atomic mass is 79.9. The van der Waals surface area contributed by atoms with E-state index in [4.69, 9.17) is 4.74 Å². The molecule has 90 valence electrons. The Hall–Kier alpha value is -0.580. The highest BCUT2D eigenvalue weighted by Gasteiger charge is 2.41. The van der Waals surface area contributed by atoms with Crippen LogP contribution in [0.25, 0.3) is 0 Å². The standard InChI is InChI=1S/C11H16BrNO3/c12-5-1-2-9-7(6-11(15)16-9)8-3-4-10(14)13-8/h7-9H,1-6H2,(H,13,14)/t7-,8+,9-/m0/s1. The molecule has 3 atom stereocenters. The molecule has 0 aromatic carbocycles. The lowest BCUT2D eigenvalue weighted by Crippen LogP contribution is -2.37. The van der Waals surface area contributed by atoms with Crippen LogP contribution in [0.15, 0.2) is 0 Å². The van der Waals surface area contributed by atoms with Crippen LogP contribution in [-0.4, -0.2) is 29.4 Å². The van der Waals surface area contributed by atoms with Crippen LogP contribution in [0, 0.1) is 5.92 Å². The average Bonchev–Trinajstić information content (AvgIpc) is 2.81. The van der Waals surface area contributed by atoms with Crippen molar-refractivity contribution in [2.24, 2.45) is 5.92 Å². The fraction of sp³-hybridized carbons (Fsp3) is 0.818. The predicted octanol–water partition coefficient (Wildman–Crippen LogP) is 1.37. The lowest BCUT2D eigenvalue weighted by molar-refractivity contribution is -0.141. The van der Waals surface area contributed by atoms with Gasteiger partial charge >= 0.3 is 5.97 Å². The monoisotopic (exact) mass is 289 g/mol. The van der Waals surface area contributed by atoms with Crippen molar-refractivity contribution in [3.8, 4) is 0 Å². The van der Waals surface area contributed by atoms with Crippen molar-refractivity contribution < 1.29 is 14.3 Å². The lowest BCUT2D eigenvalue weighted by Gasteiger charge is -2.22. The van der Waals surface area contributed by atoms with Gasteiger partial charge in [0, 0.05) is 23.7 Å². The summed E-state index contributed by atoms with van der Waals surface area (Å²) in [7, 11) is 0. The van der Waals surface area contributed by atoms with Crippen molar-refractivity contribution in [3.05, 3.63) is 0 Å². The maximum absolute atomic E-state index is 11.3. The number of amides is 1. The molecule has 2 saturated heterocycles. The molecule has 16 heavy (non-hydrogen) atoms. The summed E-state index contributed by atoms with van der Waals surface area (Å²) in [5, 5.41) is 3.86. The molecule has 0 bridgehead atoms. The Morgan fingerprint density at radius 2 is 2.25 bits per heavy atom. The molecule has 2 aliphatic rings. The summed E-state index contributed by atoms with van der Waals surface area (Å²) in [5.74, 6) is 0.160. The van der Waals surface area contributed by atoms with Gasteiger partial charge in [0.15, 0.2) is 0 Å². The largest absolute Gasteiger partial charge is 0.462 e. The summed E-state index contributed by atoms with van der Waals surface area (Å²) in [6.07, 6.45) is 3.75. The van der Waals surface area contributed by atoms with E-state index in [0.717, 1.165) is 24.6 Å². The molecule has 1 N–H and O–H groups in total. The van der Waals surface area contributed by atoms with Gasteiger partial charge in [0.05, 0.1) is 6.42 Å². The number of ether oxygens (including phenoxy) is 1. The van der Waals surface area contributed by atoms with E-state index in [1.165, 1.54) is 0 Å². The van der Waals surface area contributed by atoms with Crippen molar-refractivity contribution >= 4 is 27.8 Å². The van der Waals surface area contributed by atoms with Crippen LogP contribution in [0.1, 0.15) is 32.1 Å². The van der Waals surface area contributed by atoms with Crippen LogP contribution in [-0.2, 0) is 14.3 Å². The smallest absolute Gasteiger partial charge is 0.306 e. The Bertz CT molecular complexity index is 295. The van der Waals surface area contributed by atoms with Gasteiger partial charge in [-0.15, -0.1) is 0 Å². The number of carbonyl (C=O) groups is 2. The normalized spacial score (nSPS) is 33.9. The number of hydrogen-bond donors (Lipinski definition) is 1. The number of rotatable bonds is 4. The molecule has 2 fully saturated rings. The lowest BCUT2D eigenvalue weighted by atomic mass is 9.89. The second kappa shape index (κ2) is 5.17. The fourth-order valence-corrected chi connectivity index (χ4v) is 2.86. The molecule has 2 rings (SSSR count). The quantitative estimate of drug-likeness (QED) is 0.628. The third-order valence-corrected chi connectivity index (χ3v) is 3.89. The van der Waals surface area contributed by atoms with E-state index >= 15 is 0 Å². The van der Waals surface area contributed by atoms with E-state index in [0.29, 0.717) is 12.8 Å². The van der Waals surface area contributed by atoms with Crippen molar-refractivity contribution in [1.82, 2.24) is 5.32 Å². The summed E-state index contributed by atoms with van der Waals surface area (Å²) < 4.78 is 5.31. The highest BCUT2D eigenvalue weighted by molar-refractivity contribution is 9.09. The average molecular weight is 290 g/mol. The first kappa shape index (κ1) is 11.9. The van der Waals surface area contributed by atoms with Crippen LogP contribution in [0.3, 0.4) is 0 Å². The maximum Gasteiger partial charge on any atom is 0.306 e. The number of nitrogens with one attached hydrogen (secondary N) is 1. The van der Waals surface area contributed by atoms with Crippen molar-refractivity contribution in [2.45, 2.75) is 44.2 Å². The maximum atomic E-state index is 11.3. The number of esters is 1. The molecule has 2 heterocycles. The molecule has 0 unspecified atom stereocenters. The minimum atomic E-state index is -0.120. The second-order valence-electron chi connectivity index (χ2n) is 4.44. The third-order valence-electron chi connectivity index (χ3n) is 3.33. The van der Waals surface area contributed by atoms with E-state index in [1.807, 2.05) is 0 Å². The van der Waals surface area contributed by atoms with Crippen LogP contribution in [0.2, 0.25) is 0 Å². The molecule has 5 heteroatoms. The van der Waals surface area contributed by atoms with E-state index in [-0.39, 0.29) is 29.9 Å². The van der Waals surface area contributed by atoms with Gasteiger partial charge in [-0.1, -0.05) is 15.9 Å². The topological polar surface area (TPSA) is 55.4 Å². The van der Waals surface area contributed by atoms with Gasteiger partial charge < -0.3 is 10.1 Å². The molecule has 1 amide bonds. The third kappa shape index (κ3) is 2.56. The van der Waals surface area contributed by atoms with E-state index in [1.54, 1.807) is 0 Å². The highest BCUT2D eigenvalue weighted by Crippen LogP contribution is 2.32. The van der Waals surface area contributed by atoms with Gasteiger partial charge in [-0.25, -0.2) is 0 Å². The summed E-state index contributed by atoms with van der Waals surface area (Å²) >= 11 is 3.37.